The molecule has 2 rings (SSSR count). The third-order valence-electron chi connectivity index (χ3n) is 2.12. The van der Waals surface area contributed by atoms with E-state index in [1.165, 1.54) is 18.5 Å². The Kier molecular flexibility index (Phi) is 2.51. The van der Waals surface area contributed by atoms with E-state index in [1.807, 2.05) is 0 Å². The Labute approximate surface area is 91.0 Å². The predicted octanol–water partition coefficient (Wildman–Crippen LogP) is 1.55. The van der Waals surface area contributed by atoms with Gasteiger partial charge in [-0.15, -0.1) is 0 Å². The van der Waals surface area contributed by atoms with Gasteiger partial charge < -0.3 is 10.2 Å². The fourth-order valence-electron chi connectivity index (χ4n) is 1.34. The Morgan fingerprint density at radius 2 is 1.81 bits per heavy atom. The molecule has 0 atom stereocenters. The van der Waals surface area contributed by atoms with Gasteiger partial charge in [-0.2, -0.15) is 0 Å². The minimum absolute atomic E-state index is 0.138. The number of carboxylic acids is 1. The number of rotatable bonds is 2. The normalized spacial score (nSPS) is 10.0. The third kappa shape index (κ3) is 1.83. The molecule has 0 aliphatic rings. The number of benzene rings is 1. The van der Waals surface area contributed by atoms with Crippen LogP contribution in [-0.4, -0.2) is 26.2 Å². The number of nitrogens with zero attached hydrogens (tertiary/aromatic N) is 2. The maximum atomic E-state index is 10.8. The predicted molar refractivity (Wildman–Crippen MR) is 56.1 cm³/mol. The summed E-state index contributed by atoms with van der Waals surface area (Å²) in [5.74, 6) is -1.43. The molecule has 0 bridgehead atoms. The van der Waals surface area contributed by atoms with Crippen molar-refractivity contribution in [1.82, 2.24) is 9.97 Å². The second-order valence-corrected chi connectivity index (χ2v) is 3.16. The lowest BCUT2D eigenvalue weighted by atomic mass is 10.1. The Morgan fingerprint density at radius 3 is 2.44 bits per heavy atom. The number of aromatic carboxylic acids is 1. The van der Waals surface area contributed by atoms with Gasteiger partial charge >= 0.3 is 5.97 Å². The summed E-state index contributed by atoms with van der Waals surface area (Å²) in [6.45, 7) is 0. The zero-order valence-electron chi connectivity index (χ0n) is 8.16. The van der Waals surface area contributed by atoms with Crippen LogP contribution in [-0.2, 0) is 0 Å². The van der Waals surface area contributed by atoms with Gasteiger partial charge in [0.25, 0.3) is 0 Å². The molecule has 0 spiro atoms. The lowest BCUT2D eigenvalue weighted by molar-refractivity contribution is 0.0694. The fraction of sp³-hybridized carbons (Fsp3) is 0. The van der Waals surface area contributed by atoms with Gasteiger partial charge in [0, 0.05) is 18.0 Å². The van der Waals surface area contributed by atoms with Crippen LogP contribution in [0.25, 0.3) is 11.1 Å². The fourth-order valence-corrected chi connectivity index (χ4v) is 1.34. The van der Waals surface area contributed by atoms with Crippen molar-refractivity contribution in [2.45, 2.75) is 0 Å². The first-order valence-corrected chi connectivity index (χ1v) is 4.50. The zero-order chi connectivity index (χ0) is 11.5. The summed E-state index contributed by atoms with van der Waals surface area (Å²) in [4.78, 5) is 18.5. The van der Waals surface area contributed by atoms with Crippen molar-refractivity contribution in [3.8, 4) is 16.9 Å². The molecule has 2 N–H and O–H groups in total. The van der Waals surface area contributed by atoms with Crippen LogP contribution in [0.15, 0.2) is 36.9 Å². The van der Waals surface area contributed by atoms with E-state index < -0.39 is 5.97 Å². The molecule has 0 unspecified atom stereocenters. The number of aromatic hydroxyl groups is 1. The maximum absolute atomic E-state index is 10.8. The van der Waals surface area contributed by atoms with E-state index >= 15 is 0 Å². The van der Waals surface area contributed by atoms with Crippen molar-refractivity contribution in [3.63, 3.8) is 0 Å². The highest BCUT2D eigenvalue weighted by atomic mass is 16.4. The van der Waals surface area contributed by atoms with Gasteiger partial charge in [0.2, 0.25) is 0 Å². The molecule has 0 aliphatic carbocycles. The summed E-state index contributed by atoms with van der Waals surface area (Å²) in [5.41, 5.74) is 1.21. The summed E-state index contributed by atoms with van der Waals surface area (Å²) >= 11 is 0. The molecule has 80 valence electrons. The van der Waals surface area contributed by atoms with Crippen LogP contribution in [0.3, 0.4) is 0 Å². The maximum Gasteiger partial charge on any atom is 0.339 e. The first kappa shape index (κ1) is 10.1. The van der Waals surface area contributed by atoms with E-state index in [9.17, 15) is 9.90 Å². The highest BCUT2D eigenvalue weighted by Crippen LogP contribution is 2.24. The van der Waals surface area contributed by atoms with Crippen LogP contribution in [0.2, 0.25) is 0 Å². The summed E-state index contributed by atoms with van der Waals surface area (Å²) in [6.07, 6.45) is 4.54. The summed E-state index contributed by atoms with van der Waals surface area (Å²) in [5, 5.41) is 18.2. The first-order valence-electron chi connectivity index (χ1n) is 4.50. The van der Waals surface area contributed by atoms with Crippen LogP contribution in [0.1, 0.15) is 10.4 Å². The van der Waals surface area contributed by atoms with Crippen molar-refractivity contribution in [2.24, 2.45) is 0 Å². The number of hydrogen-bond donors (Lipinski definition) is 2. The van der Waals surface area contributed by atoms with Crippen LogP contribution < -0.4 is 0 Å². The molecule has 0 radical (unpaired) electrons. The molecule has 5 heteroatoms. The average molecular weight is 216 g/mol. The second kappa shape index (κ2) is 3.98. The van der Waals surface area contributed by atoms with E-state index in [0.717, 1.165) is 0 Å². The van der Waals surface area contributed by atoms with Crippen molar-refractivity contribution < 1.29 is 15.0 Å². The number of phenols is 1. The lowest BCUT2D eigenvalue weighted by Crippen LogP contribution is -1.97. The molecule has 0 saturated heterocycles. The summed E-state index contributed by atoms with van der Waals surface area (Å²) in [6, 6.07) is 4.34. The molecule has 2 aromatic rings. The van der Waals surface area contributed by atoms with Gasteiger partial charge in [0.15, 0.2) is 0 Å². The number of hydrogen-bond acceptors (Lipinski definition) is 4. The van der Waals surface area contributed by atoms with Crippen LogP contribution >= 0.6 is 0 Å². The molecule has 5 nitrogen and oxygen atoms in total. The Hall–Kier alpha value is -2.43. The van der Waals surface area contributed by atoms with Crippen molar-refractivity contribution in [1.29, 1.82) is 0 Å². The van der Waals surface area contributed by atoms with Gasteiger partial charge in [-0.3, -0.25) is 0 Å². The van der Waals surface area contributed by atoms with Crippen molar-refractivity contribution in [2.75, 3.05) is 0 Å². The average Bonchev–Trinajstić information content (AvgIpc) is 2.30. The highest BCUT2D eigenvalue weighted by molar-refractivity contribution is 5.92. The molecule has 0 saturated carbocycles. The molecule has 0 fully saturated rings. The standard InChI is InChI=1S/C11H8N2O3/c14-10-2-1-7(3-9(10)11(15)16)8-4-12-6-13-5-8/h1-6,14H,(H,15,16). The molecular weight excluding hydrogens is 208 g/mol. The third-order valence-corrected chi connectivity index (χ3v) is 2.12. The van der Waals surface area contributed by atoms with Crippen LogP contribution in [0, 0.1) is 0 Å². The van der Waals surface area contributed by atoms with Crippen molar-refractivity contribution >= 4 is 5.97 Å². The minimum atomic E-state index is -1.17. The number of carbonyl (C=O) groups is 1. The number of aromatic nitrogens is 2. The molecule has 1 aromatic heterocycles. The van der Waals surface area contributed by atoms with Crippen molar-refractivity contribution in [3.05, 3.63) is 42.5 Å². The summed E-state index contributed by atoms with van der Waals surface area (Å²) in [7, 11) is 0. The lowest BCUT2D eigenvalue weighted by Gasteiger charge is -2.03. The van der Waals surface area contributed by atoms with E-state index in [2.05, 4.69) is 9.97 Å². The van der Waals surface area contributed by atoms with Crippen LogP contribution in [0.5, 0.6) is 5.75 Å². The summed E-state index contributed by atoms with van der Waals surface area (Å²) < 4.78 is 0. The van der Waals surface area contributed by atoms with Crippen LogP contribution in [0.4, 0.5) is 0 Å². The highest BCUT2D eigenvalue weighted by Gasteiger charge is 2.10. The van der Waals surface area contributed by atoms with E-state index in [4.69, 9.17) is 5.11 Å². The van der Waals surface area contributed by atoms with E-state index in [-0.39, 0.29) is 11.3 Å². The molecule has 1 heterocycles. The Morgan fingerprint density at radius 1 is 1.12 bits per heavy atom. The van der Waals surface area contributed by atoms with Gasteiger partial charge in [0.05, 0.1) is 0 Å². The van der Waals surface area contributed by atoms with Gasteiger partial charge in [0.1, 0.15) is 17.6 Å². The largest absolute Gasteiger partial charge is 0.507 e. The minimum Gasteiger partial charge on any atom is -0.507 e. The number of carboxylic acid groups (broad SMARTS) is 1. The molecule has 0 aliphatic heterocycles. The van der Waals surface area contributed by atoms with Gasteiger partial charge in [-0.05, 0) is 17.7 Å². The first-order chi connectivity index (χ1) is 7.68. The van der Waals surface area contributed by atoms with E-state index in [1.54, 1.807) is 18.5 Å². The van der Waals surface area contributed by atoms with E-state index in [0.29, 0.717) is 11.1 Å². The van der Waals surface area contributed by atoms with Gasteiger partial charge in [-0.1, -0.05) is 6.07 Å². The quantitative estimate of drug-likeness (QED) is 0.795. The van der Waals surface area contributed by atoms with Gasteiger partial charge in [-0.25, -0.2) is 14.8 Å². The smallest absolute Gasteiger partial charge is 0.339 e. The SMILES string of the molecule is O=C(O)c1cc(-c2cncnc2)ccc1O. The second-order valence-electron chi connectivity index (χ2n) is 3.16. The molecule has 1 aromatic carbocycles. The Balaban J connectivity index is 2.52. The molecular formula is C11H8N2O3. The Bertz CT molecular complexity index is 526. The molecule has 16 heavy (non-hydrogen) atoms. The molecule has 0 amide bonds. The topological polar surface area (TPSA) is 83.3 Å². The zero-order valence-corrected chi connectivity index (χ0v) is 8.16. The monoisotopic (exact) mass is 216 g/mol.